The maximum Gasteiger partial charge on any atom is 0.254 e. The highest BCUT2D eigenvalue weighted by Gasteiger charge is 2.30. The molecule has 0 radical (unpaired) electrons. The van der Waals surface area contributed by atoms with Crippen LogP contribution in [-0.2, 0) is 0 Å². The molecule has 0 saturated carbocycles. The second kappa shape index (κ2) is 8.43. The lowest BCUT2D eigenvalue weighted by Gasteiger charge is -2.37. The van der Waals surface area contributed by atoms with E-state index in [1.54, 1.807) is 25.3 Å². The van der Waals surface area contributed by atoms with Gasteiger partial charge in [0.05, 0.1) is 19.8 Å². The smallest absolute Gasteiger partial charge is 0.254 e. The van der Waals surface area contributed by atoms with E-state index >= 15 is 0 Å². The van der Waals surface area contributed by atoms with Crippen molar-refractivity contribution in [1.82, 2.24) is 10.2 Å². The average molecular weight is 375 g/mol. The molecule has 0 bridgehead atoms. The van der Waals surface area contributed by atoms with Crippen molar-refractivity contribution < 1.29 is 14.3 Å². The number of hydrogen-bond donors (Lipinski definition) is 1. The summed E-state index contributed by atoms with van der Waals surface area (Å²) in [6, 6.07) is 12.8. The third-order valence-electron chi connectivity index (χ3n) is 4.48. The van der Waals surface area contributed by atoms with E-state index < -0.39 is 0 Å². The molecule has 5 nitrogen and oxygen atoms in total. The average Bonchev–Trinajstić information content (AvgIpc) is 2.68. The molecule has 0 aliphatic carbocycles. The molecule has 2 aromatic carbocycles. The Morgan fingerprint density at radius 2 is 2.08 bits per heavy atom. The monoisotopic (exact) mass is 374 g/mol. The molecule has 0 aromatic heterocycles. The van der Waals surface area contributed by atoms with Crippen LogP contribution in [0.2, 0.25) is 5.02 Å². The quantitative estimate of drug-likeness (QED) is 0.869. The Hall–Kier alpha value is -2.24. The van der Waals surface area contributed by atoms with Gasteiger partial charge in [-0.3, -0.25) is 4.79 Å². The number of halogens is 1. The van der Waals surface area contributed by atoms with E-state index in [2.05, 4.69) is 5.32 Å². The Balaban J connectivity index is 1.91. The summed E-state index contributed by atoms with van der Waals surface area (Å²) < 4.78 is 10.9. The molecule has 3 rings (SSSR count). The zero-order valence-electron chi connectivity index (χ0n) is 15.0. The predicted octanol–water partition coefficient (Wildman–Crippen LogP) is 3.53. The van der Waals surface area contributed by atoms with Crippen molar-refractivity contribution in [3.05, 3.63) is 58.6 Å². The van der Waals surface area contributed by atoms with Gasteiger partial charge in [0.15, 0.2) is 11.5 Å². The minimum Gasteiger partial charge on any atom is -0.493 e. The summed E-state index contributed by atoms with van der Waals surface area (Å²) in [4.78, 5) is 15.1. The second-order valence-corrected chi connectivity index (χ2v) is 6.45. The van der Waals surface area contributed by atoms with Crippen molar-refractivity contribution in [3.8, 4) is 11.5 Å². The van der Waals surface area contributed by atoms with E-state index in [0.717, 1.165) is 12.1 Å². The molecule has 1 amide bonds. The number of carbonyl (C=O) groups is 1. The van der Waals surface area contributed by atoms with Crippen LogP contribution < -0.4 is 14.8 Å². The van der Waals surface area contributed by atoms with E-state index in [1.807, 2.05) is 36.1 Å². The minimum atomic E-state index is -0.109. The summed E-state index contributed by atoms with van der Waals surface area (Å²) in [5.41, 5.74) is 1.52. The summed E-state index contributed by atoms with van der Waals surface area (Å²) in [6.07, 6.45) is 0. The van der Waals surface area contributed by atoms with Gasteiger partial charge in [-0.05, 0) is 36.8 Å². The van der Waals surface area contributed by atoms with Crippen molar-refractivity contribution in [2.75, 3.05) is 33.4 Å². The van der Waals surface area contributed by atoms with Gasteiger partial charge in [0.1, 0.15) is 0 Å². The zero-order chi connectivity index (χ0) is 18.5. The van der Waals surface area contributed by atoms with Crippen LogP contribution in [0.15, 0.2) is 42.5 Å². The van der Waals surface area contributed by atoms with Gasteiger partial charge < -0.3 is 19.7 Å². The number of piperazine rings is 1. The first-order chi connectivity index (χ1) is 12.7. The van der Waals surface area contributed by atoms with E-state index in [4.69, 9.17) is 21.1 Å². The lowest BCUT2D eigenvalue weighted by Crippen LogP contribution is -2.48. The number of nitrogens with one attached hydrogen (secondary N) is 1. The molecule has 0 spiro atoms. The molecule has 6 heteroatoms. The molecule has 1 aliphatic rings. The van der Waals surface area contributed by atoms with Crippen LogP contribution in [0.1, 0.15) is 28.9 Å². The normalized spacial score (nSPS) is 17.0. The van der Waals surface area contributed by atoms with Crippen LogP contribution in [0.3, 0.4) is 0 Å². The van der Waals surface area contributed by atoms with Gasteiger partial charge in [-0.1, -0.05) is 29.8 Å². The Morgan fingerprint density at radius 1 is 1.27 bits per heavy atom. The topological polar surface area (TPSA) is 50.8 Å². The molecule has 1 N–H and O–H groups in total. The number of ether oxygens (including phenoxy) is 2. The number of amides is 1. The van der Waals surface area contributed by atoms with Crippen molar-refractivity contribution in [2.45, 2.75) is 13.0 Å². The molecule has 2 aromatic rings. The standard InChI is InChI=1S/C20H23ClN2O3/c1-3-26-18-9-8-14(12-19(18)25-2)20(24)23-11-10-22-13-17(23)15-6-4-5-7-16(15)21/h4-9,12,17,22H,3,10-11,13H2,1-2H3. The van der Waals surface area contributed by atoms with Crippen molar-refractivity contribution in [3.63, 3.8) is 0 Å². The van der Waals surface area contributed by atoms with Crippen molar-refractivity contribution in [2.24, 2.45) is 0 Å². The fourth-order valence-corrected chi connectivity index (χ4v) is 3.47. The molecule has 26 heavy (non-hydrogen) atoms. The van der Waals surface area contributed by atoms with Gasteiger partial charge in [-0.25, -0.2) is 0 Å². The summed E-state index contributed by atoms with van der Waals surface area (Å²) >= 11 is 6.37. The molecular formula is C20H23ClN2O3. The Kier molecular flexibility index (Phi) is 6.01. The van der Waals surface area contributed by atoms with Crippen molar-refractivity contribution >= 4 is 17.5 Å². The fourth-order valence-electron chi connectivity index (χ4n) is 3.21. The third kappa shape index (κ3) is 3.79. The van der Waals surface area contributed by atoms with E-state index in [9.17, 15) is 4.79 Å². The van der Waals surface area contributed by atoms with E-state index in [-0.39, 0.29) is 11.9 Å². The lowest BCUT2D eigenvalue weighted by molar-refractivity contribution is 0.0634. The summed E-state index contributed by atoms with van der Waals surface area (Å²) in [6.45, 7) is 4.48. The highest BCUT2D eigenvalue weighted by atomic mass is 35.5. The SMILES string of the molecule is CCOc1ccc(C(=O)N2CCNCC2c2ccccc2Cl)cc1OC. The number of carbonyl (C=O) groups excluding carboxylic acids is 1. The minimum absolute atomic E-state index is 0.0437. The van der Waals surface area contributed by atoms with Gasteiger partial charge in [-0.2, -0.15) is 0 Å². The van der Waals surface area contributed by atoms with Crippen LogP contribution in [0.4, 0.5) is 0 Å². The fraction of sp³-hybridized carbons (Fsp3) is 0.350. The maximum atomic E-state index is 13.2. The molecule has 1 heterocycles. The largest absolute Gasteiger partial charge is 0.493 e. The number of methoxy groups -OCH3 is 1. The number of benzene rings is 2. The first-order valence-corrected chi connectivity index (χ1v) is 9.10. The molecule has 1 saturated heterocycles. The molecule has 1 unspecified atom stereocenters. The molecular weight excluding hydrogens is 352 g/mol. The maximum absolute atomic E-state index is 13.2. The van der Waals surface area contributed by atoms with E-state index in [1.165, 1.54) is 0 Å². The van der Waals surface area contributed by atoms with Crippen LogP contribution in [0.5, 0.6) is 11.5 Å². The van der Waals surface area contributed by atoms with Crippen LogP contribution >= 0.6 is 11.6 Å². The number of hydrogen-bond acceptors (Lipinski definition) is 4. The third-order valence-corrected chi connectivity index (χ3v) is 4.82. The first-order valence-electron chi connectivity index (χ1n) is 8.72. The van der Waals surface area contributed by atoms with Gasteiger partial charge in [0.2, 0.25) is 0 Å². The molecule has 138 valence electrons. The first kappa shape index (κ1) is 18.5. The van der Waals surface area contributed by atoms with Gasteiger partial charge in [0, 0.05) is 30.2 Å². The van der Waals surface area contributed by atoms with Crippen LogP contribution in [0, 0.1) is 0 Å². The van der Waals surface area contributed by atoms with Gasteiger partial charge in [0.25, 0.3) is 5.91 Å². The highest BCUT2D eigenvalue weighted by Crippen LogP contribution is 2.32. The zero-order valence-corrected chi connectivity index (χ0v) is 15.8. The van der Waals surface area contributed by atoms with Crippen LogP contribution in [-0.4, -0.2) is 44.2 Å². The van der Waals surface area contributed by atoms with E-state index in [0.29, 0.717) is 41.8 Å². The number of nitrogens with zero attached hydrogens (tertiary/aromatic N) is 1. The van der Waals surface area contributed by atoms with Crippen molar-refractivity contribution in [1.29, 1.82) is 0 Å². The number of rotatable bonds is 5. The Labute approximate surface area is 158 Å². The molecule has 1 aliphatic heterocycles. The highest BCUT2D eigenvalue weighted by molar-refractivity contribution is 6.31. The summed E-state index contributed by atoms with van der Waals surface area (Å²) in [5.74, 6) is 1.15. The van der Waals surface area contributed by atoms with Gasteiger partial charge in [-0.15, -0.1) is 0 Å². The second-order valence-electron chi connectivity index (χ2n) is 6.04. The molecule has 1 atom stereocenters. The summed E-state index contributed by atoms with van der Waals surface area (Å²) in [5, 5.41) is 4.02. The Bertz CT molecular complexity index is 781. The molecule has 1 fully saturated rings. The summed E-state index contributed by atoms with van der Waals surface area (Å²) in [7, 11) is 1.57. The van der Waals surface area contributed by atoms with Crippen LogP contribution in [0.25, 0.3) is 0 Å². The predicted molar refractivity (Wildman–Crippen MR) is 102 cm³/mol. The lowest BCUT2D eigenvalue weighted by atomic mass is 10.0. The van der Waals surface area contributed by atoms with Gasteiger partial charge >= 0.3 is 0 Å². The Morgan fingerprint density at radius 3 is 2.81 bits per heavy atom.